The summed E-state index contributed by atoms with van der Waals surface area (Å²) in [4.78, 5) is 8.77. The molecule has 0 aliphatic heterocycles. The molecule has 0 atom stereocenters. The van der Waals surface area contributed by atoms with Crippen molar-refractivity contribution in [3.05, 3.63) is 42.3 Å². The van der Waals surface area contributed by atoms with E-state index in [0.717, 1.165) is 4.90 Å². The maximum absolute atomic E-state index is 12.9. The molecule has 3 nitrogen and oxygen atoms in total. The molecule has 0 fully saturated rings. The van der Waals surface area contributed by atoms with E-state index in [1.54, 1.807) is 24.4 Å². The van der Waals surface area contributed by atoms with E-state index in [4.69, 9.17) is 5.73 Å². The number of anilines is 1. The molecule has 0 bridgehead atoms. The van der Waals surface area contributed by atoms with E-state index in [0.29, 0.717) is 11.0 Å². The fourth-order valence-electron chi connectivity index (χ4n) is 1.04. The molecule has 0 unspecified atom stereocenters. The van der Waals surface area contributed by atoms with Crippen LogP contribution in [0, 0.1) is 5.82 Å². The van der Waals surface area contributed by atoms with Crippen molar-refractivity contribution in [2.45, 2.75) is 10.1 Å². The van der Waals surface area contributed by atoms with Gasteiger partial charge in [0.2, 0.25) is 0 Å². The number of aromatic nitrogens is 2. The maximum Gasteiger partial charge on any atom is 0.194 e. The van der Waals surface area contributed by atoms with E-state index >= 15 is 0 Å². The lowest BCUT2D eigenvalue weighted by molar-refractivity contribution is 0.624. The molecule has 2 rings (SSSR count). The predicted molar refractivity (Wildman–Crippen MR) is 57.0 cm³/mol. The molecule has 0 amide bonds. The molecule has 1 aromatic heterocycles. The minimum Gasteiger partial charge on any atom is -0.384 e. The number of rotatable bonds is 2. The summed E-state index contributed by atoms with van der Waals surface area (Å²) in [7, 11) is 0. The fourth-order valence-corrected chi connectivity index (χ4v) is 1.83. The molecule has 15 heavy (non-hydrogen) atoms. The number of benzene rings is 1. The van der Waals surface area contributed by atoms with Gasteiger partial charge in [0.25, 0.3) is 0 Å². The largest absolute Gasteiger partial charge is 0.384 e. The Morgan fingerprint density at radius 2 is 2.13 bits per heavy atom. The first kappa shape index (κ1) is 9.92. The molecule has 0 saturated heterocycles. The summed E-state index contributed by atoms with van der Waals surface area (Å²) in [6.07, 6.45) is 1.57. The normalized spacial score (nSPS) is 10.2. The Kier molecular flexibility index (Phi) is 2.82. The molecule has 1 aromatic carbocycles. The average molecular weight is 221 g/mol. The second kappa shape index (κ2) is 4.27. The van der Waals surface area contributed by atoms with Crippen LogP contribution in [0.3, 0.4) is 0 Å². The molecule has 0 radical (unpaired) electrons. The van der Waals surface area contributed by atoms with E-state index in [1.165, 1.54) is 23.9 Å². The lowest BCUT2D eigenvalue weighted by atomic mass is 10.4. The van der Waals surface area contributed by atoms with Gasteiger partial charge in [0, 0.05) is 11.1 Å². The first-order valence-electron chi connectivity index (χ1n) is 4.26. The van der Waals surface area contributed by atoms with Crippen molar-refractivity contribution in [1.29, 1.82) is 0 Å². The molecular weight excluding hydrogens is 213 g/mol. The van der Waals surface area contributed by atoms with E-state index in [9.17, 15) is 4.39 Å². The predicted octanol–water partition coefficient (Wildman–Crippen LogP) is 2.35. The minimum atomic E-state index is -0.274. The SMILES string of the molecule is Nc1ccnc(Sc2cccc(F)c2)n1. The average Bonchev–Trinajstić information content (AvgIpc) is 2.17. The third-order valence-corrected chi connectivity index (χ3v) is 2.53. The van der Waals surface area contributed by atoms with Crippen molar-refractivity contribution >= 4 is 17.6 Å². The van der Waals surface area contributed by atoms with Crippen molar-refractivity contribution in [1.82, 2.24) is 9.97 Å². The first-order valence-corrected chi connectivity index (χ1v) is 5.07. The van der Waals surface area contributed by atoms with Crippen molar-refractivity contribution in [3.63, 3.8) is 0 Å². The fraction of sp³-hybridized carbons (Fsp3) is 0. The summed E-state index contributed by atoms with van der Waals surface area (Å²) >= 11 is 1.27. The Balaban J connectivity index is 2.22. The molecule has 0 saturated carbocycles. The molecule has 0 aliphatic carbocycles. The topological polar surface area (TPSA) is 51.8 Å². The van der Waals surface area contributed by atoms with Crippen LogP contribution in [0.25, 0.3) is 0 Å². The van der Waals surface area contributed by atoms with Gasteiger partial charge in [-0.05, 0) is 36.0 Å². The van der Waals surface area contributed by atoms with Gasteiger partial charge in [-0.15, -0.1) is 0 Å². The zero-order valence-electron chi connectivity index (χ0n) is 7.72. The van der Waals surface area contributed by atoms with E-state index in [2.05, 4.69) is 9.97 Å². The van der Waals surface area contributed by atoms with Crippen LogP contribution >= 0.6 is 11.8 Å². The molecule has 0 aliphatic rings. The quantitative estimate of drug-likeness (QED) is 0.791. The third kappa shape index (κ3) is 2.66. The molecular formula is C10H8FN3S. The Hall–Kier alpha value is -1.62. The Bertz CT molecular complexity index is 432. The van der Waals surface area contributed by atoms with Crippen LogP contribution in [0.1, 0.15) is 0 Å². The second-order valence-electron chi connectivity index (χ2n) is 2.82. The highest BCUT2D eigenvalue weighted by molar-refractivity contribution is 7.99. The van der Waals surface area contributed by atoms with Crippen molar-refractivity contribution in [2.24, 2.45) is 0 Å². The van der Waals surface area contributed by atoms with Crippen LogP contribution in [0.15, 0.2) is 46.6 Å². The highest BCUT2D eigenvalue weighted by Gasteiger charge is 2.01. The van der Waals surface area contributed by atoms with Crippen LogP contribution in [0.2, 0.25) is 0 Å². The van der Waals surface area contributed by atoms with Crippen molar-refractivity contribution in [2.75, 3.05) is 5.73 Å². The van der Waals surface area contributed by atoms with Crippen LogP contribution in [0.4, 0.5) is 10.2 Å². The van der Waals surface area contributed by atoms with Crippen molar-refractivity contribution < 1.29 is 4.39 Å². The van der Waals surface area contributed by atoms with Crippen LogP contribution < -0.4 is 5.73 Å². The van der Waals surface area contributed by atoms with E-state index in [1.807, 2.05) is 0 Å². The third-order valence-electron chi connectivity index (χ3n) is 1.66. The van der Waals surface area contributed by atoms with Gasteiger partial charge in [-0.25, -0.2) is 14.4 Å². The lowest BCUT2D eigenvalue weighted by Crippen LogP contribution is -1.92. The maximum atomic E-state index is 12.9. The number of nitrogens with zero attached hydrogens (tertiary/aromatic N) is 2. The van der Waals surface area contributed by atoms with E-state index < -0.39 is 0 Å². The summed E-state index contributed by atoms with van der Waals surface area (Å²) < 4.78 is 12.9. The number of hydrogen-bond acceptors (Lipinski definition) is 4. The molecule has 5 heteroatoms. The zero-order chi connectivity index (χ0) is 10.7. The van der Waals surface area contributed by atoms with Crippen LogP contribution in [0.5, 0.6) is 0 Å². The Morgan fingerprint density at radius 1 is 1.27 bits per heavy atom. The van der Waals surface area contributed by atoms with Gasteiger partial charge < -0.3 is 5.73 Å². The van der Waals surface area contributed by atoms with Crippen LogP contribution in [-0.2, 0) is 0 Å². The van der Waals surface area contributed by atoms with Gasteiger partial charge >= 0.3 is 0 Å². The van der Waals surface area contributed by atoms with Gasteiger partial charge in [-0.2, -0.15) is 0 Å². The van der Waals surface area contributed by atoms with Gasteiger partial charge in [0.05, 0.1) is 0 Å². The number of halogens is 1. The van der Waals surface area contributed by atoms with Gasteiger partial charge in [-0.3, -0.25) is 0 Å². The van der Waals surface area contributed by atoms with Gasteiger partial charge in [0.15, 0.2) is 5.16 Å². The molecule has 2 aromatic rings. The number of nitrogens with two attached hydrogens (primary N) is 1. The van der Waals surface area contributed by atoms with Gasteiger partial charge in [0.1, 0.15) is 11.6 Å². The lowest BCUT2D eigenvalue weighted by Gasteiger charge is -2.00. The highest BCUT2D eigenvalue weighted by Crippen LogP contribution is 2.24. The standard InChI is InChI=1S/C10H8FN3S/c11-7-2-1-3-8(6-7)15-10-13-5-4-9(12)14-10/h1-6H,(H2,12,13,14). The van der Waals surface area contributed by atoms with Crippen LogP contribution in [-0.4, -0.2) is 9.97 Å². The van der Waals surface area contributed by atoms with Crippen molar-refractivity contribution in [3.8, 4) is 0 Å². The summed E-state index contributed by atoms with van der Waals surface area (Å²) in [5.41, 5.74) is 5.50. The smallest absolute Gasteiger partial charge is 0.194 e. The van der Waals surface area contributed by atoms with E-state index in [-0.39, 0.29) is 5.82 Å². The molecule has 2 N–H and O–H groups in total. The first-order chi connectivity index (χ1) is 7.24. The minimum absolute atomic E-state index is 0.274. The molecule has 76 valence electrons. The van der Waals surface area contributed by atoms with Gasteiger partial charge in [-0.1, -0.05) is 6.07 Å². The molecule has 1 heterocycles. The summed E-state index contributed by atoms with van der Waals surface area (Å²) in [5.74, 6) is 0.132. The summed E-state index contributed by atoms with van der Waals surface area (Å²) in [6, 6.07) is 7.86. The monoisotopic (exact) mass is 221 g/mol. The summed E-state index contributed by atoms with van der Waals surface area (Å²) in [5, 5.41) is 0.514. The zero-order valence-corrected chi connectivity index (χ0v) is 8.54. The number of hydrogen-bond donors (Lipinski definition) is 1. The number of nitrogen functional groups attached to an aromatic ring is 1. The highest BCUT2D eigenvalue weighted by atomic mass is 32.2. The Labute approximate surface area is 90.6 Å². The Morgan fingerprint density at radius 3 is 2.87 bits per heavy atom. The second-order valence-corrected chi connectivity index (χ2v) is 3.86. The molecule has 0 spiro atoms. The summed E-state index contributed by atoms with van der Waals surface area (Å²) in [6.45, 7) is 0.